The fourth-order valence-electron chi connectivity index (χ4n) is 4.10. The van der Waals surface area contributed by atoms with Gasteiger partial charge in [0.1, 0.15) is 11.9 Å². The van der Waals surface area contributed by atoms with Crippen molar-refractivity contribution in [1.29, 1.82) is 5.26 Å². The normalized spacial score (nSPS) is 14.4. The van der Waals surface area contributed by atoms with Crippen molar-refractivity contribution < 1.29 is 9.59 Å². The number of hydrogen-bond acceptors (Lipinski definition) is 4. The van der Waals surface area contributed by atoms with Crippen LogP contribution in [0.1, 0.15) is 42.7 Å². The van der Waals surface area contributed by atoms with Crippen molar-refractivity contribution >= 4 is 17.6 Å². The molecule has 1 aliphatic rings. The standard InChI is InChI=1S/C25H33N5O2/c1-18(2)14-24(32)29-12-10-28(11-13-29)17-23(31)27-25-22(15-26)19(3)20(4)30(25)16-21-8-6-5-7-9-21/h5-9,18H,10-14,16-17H2,1-4H3,(H,27,31). The molecule has 0 saturated carbocycles. The van der Waals surface area contributed by atoms with Gasteiger partial charge >= 0.3 is 0 Å². The first-order chi connectivity index (χ1) is 15.3. The smallest absolute Gasteiger partial charge is 0.239 e. The number of nitrogens with zero attached hydrogens (tertiary/aromatic N) is 4. The molecule has 2 amide bonds. The summed E-state index contributed by atoms with van der Waals surface area (Å²) in [5, 5.41) is 12.7. The summed E-state index contributed by atoms with van der Waals surface area (Å²) < 4.78 is 2.00. The molecule has 170 valence electrons. The largest absolute Gasteiger partial charge is 0.340 e. The summed E-state index contributed by atoms with van der Waals surface area (Å²) in [5.74, 6) is 0.949. The minimum Gasteiger partial charge on any atom is -0.340 e. The Labute approximate surface area is 190 Å². The Hall–Kier alpha value is -3.11. The number of nitriles is 1. The molecule has 0 radical (unpaired) electrons. The van der Waals surface area contributed by atoms with Crippen molar-refractivity contribution in [2.24, 2.45) is 5.92 Å². The second-order valence-electron chi connectivity index (χ2n) is 8.92. The molecule has 0 aliphatic carbocycles. The molecule has 32 heavy (non-hydrogen) atoms. The van der Waals surface area contributed by atoms with Crippen LogP contribution in [0.4, 0.5) is 5.82 Å². The second-order valence-corrected chi connectivity index (χ2v) is 8.92. The molecule has 7 nitrogen and oxygen atoms in total. The van der Waals surface area contributed by atoms with Crippen LogP contribution in [0.5, 0.6) is 0 Å². The Kier molecular flexibility index (Phi) is 7.70. The average Bonchev–Trinajstić information content (AvgIpc) is 2.98. The molecular formula is C25H33N5O2. The minimum atomic E-state index is -0.143. The molecule has 1 N–H and O–H groups in total. The fourth-order valence-corrected chi connectivity index (χ4v) is 4.10. The minimum absolute atomic E-state index is 0.143. The second kappa shape index (κ2) is 10.5. The first-order valence-electron chi connectivity index (χ1n) is 11.2. The van der Waals surface area contributed by atoms with Crippen LogP contribution in [0, 0.1) is 31.1 Å². The number of nitrogens with one attached hydrogen (secondary N) is 1. The van der Waals surface area contributed by atoms with Gasteiger partial charge in [0.05, 0.1) is 12.1 Å². The number of amides is 2. The molecule has 1 saturated heterocycles. The predicted octanol–water partition coefficient (Wildman–Crippen LogP) is 3.15. The third-order valence-corrected chi connectivity index (χ3v) is 6.06. The summed E-state index contributed by atoms with van der Waals surface area (Å²) in [4.78, 5) is 29.1. The monoisotopic (exact) mass is 435 g/mol. The van der Waals surface area contributed by atoms with Crippen molar-refractivity contribution in [3.8, 4) is 6.07 Å². The molecule has 2 aromatic rings. The quantitative estimate of drug-likeness (QED) is 0.724. The Morgan fingerprint density at radius 3 is 2.34 bits per heavy atom. The molecule has 1 fully saturated rings. The van der Waals surface area contributed by atoms with Crippen LogP contribution in [0.15, 0.2) is 30.3 Å². The number of piperazine rings is 1. The highest BCUT2D eigenvalue weighted by molar-refractivity contribution is 5.93. The van der Waals surface area contributed by atoms with Gasteiger partial charge in [-0.3, -0.25) is 14.5 Å². The van der Waals surface area contributed by atoms with Crippen LogP contribution >= 0.6 is 0 Å². The van der Waals surface area contributed by atoms with Crippen molar-refractivity contribution in [2.75, 3.05) is 38.0 Å². The van der Waals surface area contributed by atoms with Crippen LogP contribution < -0.4 is 5.32 Å². The number of carbonyl (C=O) groups is 2. The molecule has 0 atom stereocenters. The first-order valence-corrected chi connectivity index (χ1v) is 11.2. The van der Waals surface area contributed by atoms with Crippen LogP contribution in [0.3, 0.4) is 0 Å². The van der Waals surface area contributed by atoms with Crippen LogP contribution in [0.25, 0.3) is 0 Å². The molecule has 2 heterocycles. The maximum absolute atomic E-state index is 12.9. The highest BCUT2D eigenvalue weighted by Crippen LogP contribution is 2.27. The Balaban J connectivity index is 1.66. The SMILES string of the molecule is Cc1c(C#N)c(NC(=O)CN2CCN(C(=O)CC(C)C)CC2)n(Cc2ccccc2)c1C. The van der Waals surface area contributed by atoms with Gasteiger partial charge < -0.3 is 14.8 Å². The van der Waals surface area contributed by atoms with Crippen LogP contribution in [-0.4, -0.2) is 58.9 Å². The molecule has 0 spiro atoms. The van der Waals surface area contributed by atoms with E-state index in [0.29, 0.717) is 56.4 Å². The number of carbonyl (C=O) groups excluding carboxylic acids is 2. The lowest BCUT2D eigenvalue weighted by molar-refractivity contribution is -0.133. The number of rotatable bonds is 7. The number of hydrogen-bond donors (Lipinski definition) is 1. The van der Waals surface area contributed by atoms with Crippen molar-refractivity contribution in [2.45, 2.75) is 40.7 Å². The van der Waals surface area contributed by atoms with E-state index in [0.717, 1.165) is 16.8 Å². The Bertz CT molecular complexity index is 996. The lowest BCUT2D eigenvalue weighted by Crippen LogP contribution is -2.50. The number of anilines is 1. The average molecular weight is 436 g/mol. The lowest BCUT2D eigenvalue weighted by Gasteiger charge is -2.34. The highest BCUT2D eigenvalue weighted by Gasteiger charge is 2.24. The maximum Gasteiger partial charge on any atom is 0.239 e. The summed E-state index contributed by atoms with van der Waals surface area (Å²) >= 11 is 0. The van der Waals surface area contributed by atoms with Gasteiger partial charge in [-0.1, -0.05) is 44.2 Å². The van der Waals surface area contributed by atoms with Gasteiger partial charge in [-0.25, -0.2) is 0 Å². The van der Waals surface area contributed by atoms with Gasteiger partial charge in [0, 0.05) is 44.8 Å². The lowest BCUT2D eigenvalue weighted by atomic mass is 10.1. The van der Waals surface area contributed by atoms with E-state index in [-0.39, 0.29) is 18.4 Å². The summed E-state index contributed by atoms with van der Waals surface area (Å²) in [7, 11) is 0. The van der Waals surface area contributed by atoms with E-state index in [1.165, 1.54) is 0 Å². The van der Waals surface area contributed by atoms with Crippen molar-refractivity contribution in [3.63, 3.8) is 0 Å². The maximum atomic E-state index is 12.9. The van der Waals surface area contributed by atoms with Crippen molar-refractivity contribution in [1.82, 2.24) is 14.4 Å². The van der Waals surface area contributed by atoms with Gasteiger partial charge in [0.25, 0.3) is 0 Å². The van der Waals surface area contributed by atoms with Gasteiger partial charge in [-0.15, -0.1) is 0 Å². The summed E-state index contributed by atoms with van der Waals surface area (Å²) in [5.41, 5.74) is 3.47. The third kappa shape index (κ3) is 5.57. The zero-order chi connectivity index (χ0) is 23.3. The van der Waals surface area contributed by atoms with E-state index in [1.54, 1.807) is 0 Å². The molecule has 3 rings (SSSR count). The Morgan fingerprint density at radius 1 is 1.09 bits per heavy atom. The summed E-state index contributed by atoms with van der Waals surface area (Å²) in [6.45, 7) is 11.4. The van der Waals surface area contributed by atoms with Crippen LogP contribution in [-0.2, 0) is 16.1 Å². The topological polar surface area (TPSA) is 81.4 Å². The molecule has 1 aromatic heterocycles. The van der Waals surface area contributed by atoms with Crippen LogP contribution in [0.2, 0.25) is 0 Å². The van der Waals surface area contributed by atoms with E-state index < -0.39 is 0 Å². The molecule has 1 aromatic carbocycles. The van der Waals surface area contributed by atoms with Gasteiger partial charge in [-0.05, 0) is 30.9 Å². The Morgan fingerprint density at radius 2 is 1.75 bits per heavy atom. The zero-order valence-corrected chi connectivity index (χ0v) is 19.5. The molecule has 0 bridgehead atoms. The number of benzene rings is 1. The molecule has 7 heteroatoms. The van der Waals surface area contributed by atoms with E-state index in [4.69, 9.17) is 0 Å². The third-order valence-electron chi connectivity index (χ3n) is 6.06. The van der Waals surface area contributed by atoms with E-state index in [2.05, 4.69) is 16.3 Å². The highest BCUT2D eigenvalue weighted by atomic mass is 16.2. The van der Waals surface area contributed by atoms with Crippen molar-refractivity contribution in [3.05, 3.63) is 52.7 Å². The van der Waals surface area contributed by atoms with Gasteiger partial charge in [0.2, 0.25) is 11.8 Å². The molecule has 0 unspecified atom stereocenters. The molecular weight excluding hydrogens is 402 g/mol. The van der Waals surface area contributed by atoms with E-state index in [9.17, 15) is 14.9 Å². The predicted molar refractivity (Wildman–Crippen MR) is 125 cm³/mol. The van der Waals surface area contributed by atoms with Gasteiger partial charge in [0.15, 0.2) is 0 Å². The summed E-state index contributed by atoms with van der Waals surface area (Å²) in [6, 6.07) is 12.3. The molecule has 1 aliphatic heterocycles. The first kappa shape index (κ1) is 23.6. The summed E-state index contributed by atoms with van der Waals surface area (Å²) in [6.07, 6.45) is 0.564. The van der Waals surface area contributed by atoms with E-state index in [1.807, 2.05) is 67.5 Å². The fraction of sp³-hybridized carbons (Fsp3) is 0.480. The number of aromatic nitrogens is 1. The van der Waals surface area contributed by atoms with Gasteiger partial charge in [-0.2, -0.15) is 5.26 Å². The van der Waals surface area contributed by atoms with E-state index >= 15 is 0 Å². The zero-order valence-electron chi connectivity index (χ0n) is 19.5.